The lowest BCUT2D eigenvalue weighted by Crippen LogP contribution is -2.23. The highest BCUT2D eigenvalue weighted by Gasteiger charge is 2.25. The molecule has 1 aromatic heterocycles. The zero-order chi connectivity index (χ0) is 23.3. The van der Waals surface area contributed by atoms with Crippen molar-refractivity contribution in [2.75, 3.05) is 12.4 Å². The number of rotatable bonds is 9. The minimum atomic E-state index is -0.348. The topological polar surface area (TPSA) is 78.3 Å². The van der Waals surface area contributed by atoms with Gasteiger partial charge in [-0.05, 0) is 58.4 Å². The van der Waals surface area contributed by atoms with E-state index in [9.17, 15) is 4.79 Å². The third-order valence-electron chi connectivity index (χ3n) is 4.98. The van der Waals surface area contributed by atoms with E-state index in [1.54, 1.807) is 7.11 Å². The van der Waals surface area contributed by atoms with Gasteiger partial charge in [0.2, 0.25) is 5.91 Å². The van der Waals surface area contributed by atoms with Crippen LogP contribution in [-0.2, 0) is 4.79 Å². The highest BCUT2D eigenvalue weighted by atomic mass is 32.2. The number of aromatic nitrogens is 3. The van der Waals surface area contributed by atoms with Crippen LogP contribution < -0.4 is 14.8 Å². The molecule has 32 heavy (non-hydrogen) atoms. The Morgan fingerprint density at radius 1 is 1.03 bits per heavy atom. The quantitative estimate of drug-likeness (QED) is 0.434. The van der Waals surface area contributed by atoms with Gasteiger partial charge in [-0.2, -0.15) is 0 Å². The summed E-state index contributed by atoms with van der Waals surface area (Å²) in [5, 5.41) is 12.1. The maximum absolute atomic E-state index is 12.8. The van der Waals surface area contributed by atoms with Crippen LogP contribution in [-0.4, -0.2) is 33.0 Å². The molecule has 0 spiro atoms. The molecule has 3 rings (SSSR count). The predicted molar refractivity (Wildman–Crippen MR) is 128 cm³/mol. The lowest BCUT2D eigenvalue weighted by molar-refractivity contribution is -0.115. The van der Waals surface area contributed by atoms with E-state index in [1.807, 2.05) is 73.9 Å². The molecule has 8 heteroatoms. The molecule has 0 radical (unpaired) electrons. The second kappa shape index (κ2) is 10.5. The zero-order valence-electron chi connectivity index (χ0n) is 19.3. The number of hydrogen-bond donors (Lipinski definition) is 1. The maximum Gasteiger partial charge on any atom is 0.237 e. The number of methoxy groups -OCH3 is 1. The van der Waals surface area contributed by atoms with E-state index in [0.717, 1.165) is 17.0 Å². The van der Waals surface area contributed by atoms with Crippen LogP contribution in [0.5, 0.6) is 11.5 Å². The van der Waals surface area contributed by atoms with Gasteiger partial charge in [-0.1, -0.05) is 36.0 Å². The van der Waals surface area contributed by atoms with Gasteiger partial charge >= 0.3 is 0 Å². The Kier molecular flexibility index (Phi) is 7.80. The average molecular weight is 455 g/mol. The van der Waals surface area contributed by atoms with E-state index in [-0.39, 0.29) is 23.3 Å². The van der Waals surface area contributed by atoms with E-state index in [2.05, 4.69) is 29.4 Å². The third kappa shape index (κ3) is 5.62. The van der Waals surface area contributed by atoms with Crippen LogP contribution in [0.25, 0.3) is 0 Å². The summed E-state index contributed by atoms with van der Waals surface area (Å²) in [5.41, 5.74) is 1.84. The third-order valence-corrected chi connectivity index (χ3v) is 6.04. The Morgan fingerprint density at radius 3 is 2.44 bits per heavy atom. The van der Waals surface area contributed by atoms with Crippen molar-refractivity contribution < 1.29 is 14.3 Å². The molecule has 0 saturated carbocycles. The van der Waals surface area contributed by atoms with Crippen LogP contribution in [0.4, 0.5) is 5.69 Å². The number of amides is 1. The number of aryl methyl sites for hydroxylation is 1. The summed E-state index contributed by atoms with van der Waals surface area (Å²) in [7, 11) is 1.62. The first-order chi connectivity index (χ1) is 15.3. The molecule has 0 aliphatic carbocycles. The Hall–Kier alpha value is -3.00. The fourth-order valence-corrected chi connectivity index (χ4v) is 4.21. The summed E-state index contributed by atoms with van der Waals surface area (Å²) in [4.78, 5) is 12.8. The molecular weight excluding hydrogens is 424 g/mol. The summed E-state index contributed by atoms with van der Waals surface area (Å²) in [5.74, 6) is 2.04. The Morgan fingerprint density at radius 2 is 1.75 bits per heavy atom. The molecule has 3 aromatic rings. The number of carbonyl (C=O) groups excluding carboxylic acids is 1. The number of benzene rings is 2. The van der Waals surface area contributed by atoms with Crippen LogP contribution in [0.2, 0.25) is 0 Å². The Balaban J connectivity index is 1.75. The summed E-state index contributed by atoms with van der Waals surface area (Å²) in [6, 6.07) is 15.3. The molecule has 1 heterocycles. The van der Waals surface area contributed by atoms with Gasteiger partial charge in [0, 0.05) is 17.8 Å². The normalized spacial score (nSPS) is 13.0. The minimum absolute atomic E-state index is 0.0789. The first-order valence-electron chi connectivity index (χ1n) is 10.6. The van der Waals surface area contributed by atoms with Crippen LogP contribution in [0.15, 0.2) is 53.7 Å². The van der Waals surface area contributed by atoms with Gasteiger partial charge in [0.25, 0.3) is 0 Å². The molecule has 7 nitrogen and oxygen atoms in total. The standard InChI is InChI=1S/C24H30N4O3S/c1-15(2)28-22(17(4)31-20-12-9-11-19(14-20)30-6)26-27-24(28)32-18(5)23(29)25-21-13-8-7-10-16(21)3/h7-15,17-18H,1-6H3,(H,25,29). The van der Waals surface area contributed by atoms with Gasteiger partial charge in [-0.3, -0.25) is 4.79 Å². The van der Waals surface area contributed by atoms with E-state index in [1.165, 1.54) is 11.8 Å². The van der Waals surface area contributed by atoms with Gasteiger partial charge in [0.15, 0.2) is 17.1 Å². The summed E-state index contributed by atoms with van der Waals surface area (Å²) >= 11 is 1.38. The second-order valence-corrected chi connectivity index (χ2v) is 9.12. The molecule has 2 atom stereocenters. The van der Waals surface area contributed by atoms with Gasteiger partial charge in [-0.15, -0.1) is 10.2 Å². The smallest absolute Gasteiger partial charge is 0.237 e. The average Bonchev–Trinajstić information content (AvgIpc) is 3.19. The van der Waals surface area contributed by atoms with E-state index < -0.39 is 0 Å². The van der Waals surface area contributed by atoms with Crippen molar-refractivity contribution in [3.63, 3.8) is 0 Å². The SMILES string of the molecule is COc1cccc(OC(C)c2nnc(SC(C)C(=O)Nc3ccccc3C)n2C(C)C)c1. The van der Waals surface area contributed by atoms with Gasteiger partial charge in [0.1, 0.15) is 11.5 Å². The second-order valence-electron chi connectivity index (χ2n) is 7.81. The molecule has 0 saturated heterocycles. The van der Waals surface area contributed by atoms with Gasteiger partial charge < -0.3 is 19.4 Å². The van der Waals surface area contributed by atoms with Crippen LogP contribution in [0.3, 0.4) is 0 Å². The number of anilines is 1. The van der Waals surface area contributed by atoms with Crippen molar-refractivity contribution in [2.24, 2.45) is 0 Å². The number of thioether (sulfide) groups is 1. The van der Waals surface area contributed by atoms with Crippen molar-refractivity contribution in [2.45, 2.75) is 57.2 Å². The fraction of sp³-hybridized carbons (Fsp3) is 0.375. The molecule has 1 N–H and O–H groups in total. The highest BCUT2D eigenvalue weighted by molar-refractivity contribution is 8.00. The van der Waals surface area contributed by atoms with Gasteiger partial charge in [-0.25, -0.2) is 0 Å². The Bertz CT molecular complexity index is 1070. The largest absolute Gasteiger partial charge is 0.497 e. The lowest BCUT2D eigenvalue weighted by atomic mass is 10.2. The summed E-state index contributed by atoms with van der Waals surface area (Å²) in [6.07, 6.45) is -0.331. The van der Waals surface area contributed by atoms with Crippen LogP contribution in [0, 0.1) is 6.92 Å². The molecule has 0 bridgehead atoms. The minimum Gasteiger partial charge on any atom is -0.497 e. The van der Waals surface area contributed by atoms with Crippen LogP contribution in [0.1, 0.15) is 51.2 Å². The summed E-state index contributed by atoms with van der Waals surface area (Å²) < 4.78 is 13.4. The first kappa shape index (κ1) is 23.7. The number of carbonyl (C=O) groups is 1. The molecule has 2 unspecified atom stereocenters. The molecule has 2 aromatic carbocycles. The number of nitrogens with zero attached hydrogens (tertiary/aromatic N) is 3. The number of hydrogen-bond acceptors (Lipinski definition) is 6. The lowest BCUT2D eigenvalue weighted by Gasteiger charge is -2.20. The Labute approximate surface area is 193 Å². The van der Waals surface area contributed by atoms with Gasteiger partial charge in [0.05, 0.1) is 12.4 Å². The summed E-state index contributed by atoms with van der Waals surface area (Å²) in [6.45, 7) is 9.90. The fourth-order valence-electron chi connectivity index (χ4n) is 3.22. The highest BCUT2D eigenvalue weighted by Crippen LogP contribution is 2.31. The number of nitrogens with one attached hydrogen (secondary N) is 1. The maximum atomic E-state index is 12.8. The van der Waals surface area contributed by atoms with Crippen molar-refractivity contribution >= 4 is 23.4 Å². The predicted octanol–water partition coefficient (Wildman–Crippen LogP) is 5.44. The number of ether oxygens (including phenoxy) is 2. The molecule has 0 aliphatic heterocycles. The first-order valence-corrected chi connectivity index (χ1v) is 11.5. The van der Waals surface area contributed by atoms with E-state index in [4.69, 9.17) is 9.47 Å². The van der Waals surface area contributed by atoms with E-state index in [0.29, 0.717) is 16.7 Å². The van der Waals surface area contributed by atoms with Crippen LogP contribution >= 0.6 is 11.8 Å². The van der Waals surface area contributed by atoms with Crippen molar-refractivity contribution in [1.82, 2.24) is 14.8 Å². The number of para-hydroxylation sites is 1. The monoisotopic (exact) mass is 454 g/mol. The van der Waals surface area contributed by atoms with Crippen molar-refractivity contribution in [3.05, 3.63) is 59.9 Å². The van der Waals surface area contributed by atoms with E-state index >= 15 is 0 Å². The molecule has 0 fully saturated rings. The molecular formula is C24H30N4O3S. The zero-order valence-corrected chi connectivity index (χ0v) is 20.1. The molecule has 1 amide bonds. The van der Waals surface area contributed by atoms with Crippen molar-refractivity contribution in [3.8, 4) is 11.5 Å². The van der Waals surface area contributed by atoms with Crippen molar-refractivity contribution in [1.29, 1.82) is 0 Å². The molecule has 170 valence electrons. The molecule has 0 aliphatic rings.